The summed E-state index contributed by atoms with van der Waals surface area (Å²) in [6.07, 6.45) is 0. The molecule has 0 atom stereocenters. The first kappa shape index (κ1) is 17.4. The van der Waals surface area contributed by atoms with Crippen LogP contribution in [0.1, 0.15) is 10.4 Å². The first-order valence-electron chi connectivity index (χ1n) is 7.30. The van der Waals surface area contributed by atoms with E-state index in [1.54, 1.807) is 13.1 Å². The molecule has 132 valence electrons. The molecule has 0 spiro atoms. The Bertz CT molecular complexity index is 1180. The minimum absolute atomic E-state index is 0.00847. The summed E-state index contributed by atoms with van der Waals surface area (Å²) in [6.45, 7) is 0. The molecule has 0 aliphatic heterocycles. The number of nitro groups is 1. The molecule has 2 heterocycles. The number of rotatable bonds is 3. The molecule has 1 aromatic carbocycles. The number of nitro benzene ring substituents is 1. The van der Waals surface area contributed by atoms with E-state index in [1.807, 2.05) is 0 Å². The summed E-state index contributed by atoms with van der Waals surface area (Å²) in [6, 6.07) is 7.16. The average molecular weight is 372 g/mol. The highest BCUT2D eigenvalue weighted by molar-refractivity contribution is 7.71. The molecule has 9 nitrogen and oxygen atoms in total. The van der Waals surface area contributed by atoms with Gasteiger partial charge in [-0.1, -0.05) is 12.1 Å². The van der Waals surface area contributed by atoms with E-state index in [1.165, 1.54) is 35.9 Å². The number of H-pyrrole nitrogens is 1. The first-order chi connectivity index (χ1) is 12.3. The Balaban J connectivity index is 2.42. The first-order valence-corrected chi connectivity index (χ1v) is 7.71. The number of aromatic nitrogens is 3. The smallest absolute Gasteiger partial charge is 0.338 e. The fourth-order valence-electron chi connectivity index (χ4n) is 2.54. The molecule has 2 aromatic heterocycles. The largest absolute Gasteiger partial charge is 0.465 e. The van der Waals surface area contributed by atoms with Gasteiger partial charge in [0.2, 0.25) is 0 Å². The van der Waals surface area contributed by atoms with E-state index in [9.17, 15) is 19.7 Å². The third-order valence-corrected chi connectivity index (χ3v) is 4.20. The number of fused-ring (bicyclic) bond motifs is 1. The highest BCUT2D eigenvalue weighted by Crippen LogP contribution is 2.26. The van der Waals surface area contributed by atoms with E-state index >= 15 is 0 Å². The summed E-state index contributed by atoms with van der Waals surface area (Å²) in [4.78, 5) is 41.8. The molecule has 0 radical (unpaired) electrons. The van der Waals surface area contributed by atoms with Crippen LogP contribution >= 0.6 is 12.2 Å². The predicted octanol–water partition coefficient (Wildman–Crippen LogP) is 2.35. The summed E-state index contributed by atoms with van der Waals surface area (Å²) in [5.74, 6) is -0.730. The van der Waals surface area contributed by atoms with Crippen LogP contribution in [0.15, 0.2) is 35.1 Å². The van der Waals surface area contributed by atoms with Crippen LogP contribution in [0.4, 0.5) is 5.69 Å². The topological polar surface area (TPSA) is 120 Å². The molecule has 0 aliphatic rings. The number of benzene rings is 1. The molecule has 0 fully saturated rings. The molecule has 0 amide bonds. The second-order valence-corrected chi connectivity index (χ2v) is 5.76. The summed E-state index contributed by atoms with van der Waals surface area (Å²) in [5.41, 5.74) is 0.161. The van der Waals surface area contributed by atoms with Crippen LogP contribution in [0.3, 0.4) is 0 Å². The Labute approximate surface area is 151 Å². The van der Waals surface area contributed by atoms with Crippen LogP contribution in [-0.4, -0.2) is 32.5 Å². The molecule has 0 bridgehead atoms. The number of nitrogens with zero attached hydrogens (tertiary/aromatic N) is 3. The second kappa shape index (κ2) is 6.48. The molecule has 0 saturated carbocycles. The summed E-state index contributed by atoms with van der Waals surface area (Å²) in [5, 5.41) is 11.0. The Morgan fingerprint density at radius 2 is 2.12 bits per heavy atom. The van der Waals surface area contributed by atoms with Gasteiger partial charge < -0.3 is 9.30 Å². The lowest BCUT2D eigenvalue weighted by Crippen LogP contribution is -2.18. The highest BCUT2D eigenvalue weighted by Gasteiger charge is 2.19. The SMILES string of the molecule is COC(=O)c1cc(-c2cccc([N+](=O)[O-])c2)nc2c1c(=O)[nH]c(=S)n2C. The maximum absolute atomic E-state index is 12.3. The molecule has 0 unspecified atom stereocenters. The minimum atomic E-state index is -0.730. The number of hydrogen-bond acceptors (Lipinski definition) is 7. The number of hydrogen-bond donors (Lipinski definition) is 1. The van der Waals surface area contributed by atoms with Crippen molar-refractivity contribution in [3.63, 3.8) is 0 Å². The van der Waals surface area contributed by atoms with Gasteiger partial charge in [-0.2, -0.15) is 0 Å². The number of ether oxygens (including phenoxy) is 1. The van der Waals surface area contributed by atoms with Crippen LogP contribution in [0, 0.1) is 14.9 Å². The monoisotopic (exact) mass is 372 g/mol. The number of nitrogens with one attached hydrogen (secondary N) is 1. The van der Waals surface area contributed by atoms with Crippen LogP contribution < -0.4 is 5.56 Å². The normalized spacial score (nSPS) is 10.7. The quantitative estimate of drug-likeness (QED) is 0.324. The molecule has 26 heavy (non-hydrogen) atoms. The van der Waals surface area contributed by atoms with Crippen molar-refractivity contribution in [3.8, 4) is 11.3 Å². The molecular weight excluding hydrogens is 360 g/mol. The zero-order chi connectivity index (χ0) is 19.0. The van der Waals surface area contributed by atoms with Gasteiger partial charge in [-0.05, 0) is 18.3 Å². The Kier molecular flexibility index (Phi) is 4.34. The van der Waals surface area contributed by atoms with Crippen molar-refractivity contribution < 1.29 is 14.5 Å². The van der Waals surface area contributed by atoms with E-state index in [2.05, 4.69) is 9.97 Å². The van der Waals surface area contributed by atoms with Gasteiger partial charge in [0.05, 0.1) is 28.7 Å². The molecule has 3 rings (SSSR count). The van der Waals surface area contributed by atoms with Crippen LogP contribution in [0.2, 0.25) is 0 Å². The summed E-state index contributed by atoms with van der Waals surface area (Å²) < 4.78 is 6.33. The Hall–Kier alpha value is -3.40. The Morgan fingerprint density at radius 3 is 2.77 bits per heavy atom. The van der Waals surface area contributed by atoms with Gasteiger partial charge in [-0.25, -0.2) is 9.78 Å². The lowest BCUT2D eigenvalue weighted by Gasteiger charge is -2.11. The number of methoxy groups -OCH3 is 1. The maximum atomic E-state index is 12.3. The highest BCUT2D eigenvalue weighted by atomic mass is 32.1. The summed E-state index contributed by atoms with van der Waals surface area (Å²) in [7, 11) is 2.78. The standard InChI is InChI=1S/C16H12N4O5S/c1-19-13-12(14(21)18-16(19)26)10(15(22)25-2)7-11(17-13)8-4-3-5-9(6-8)20(23)24/h3-7H,1-2H3,(H,18,21,26). The number of carbonyl (C=O) groups excluding carboxylic acids is 1. The zero-order valence-electron chi connectivity index (χ0n) is 13.7. The van der Waals surface area contributed by atoms with Gasteiger partial charge in [-0.3, -0.25) is 19.9 Å². The number of non-ortho nitro benzene ring substituents is 1. The van der Waals surface area contributed by atoms with Crippen LogP contribution in [-0.2, 0) is 11.8 Å². The number of aromatic amines is 1. The maximum Gasteiger partial charge on any atom is 0.338 e. The zero-order valence-corrected chi connectivity index (χ0v) is 14.5. The lowest BCUT2D eigenvalue weighted by atomic mass is 10.1. The van der Waals surface area contributed by atoms with Gasteiger partial charge in [0.25, 0.3) is 11.2 Å². The van der Waals surface area contributed by atoms with Crippen molar-refractivity contribution in [2.24, 2.45) is 7.05 Å². The lowest BCUT2D eigenvalue weighted by molar-refractivity contribution is -0.384. The predicted molar refractivity (Wildman–Crippen MR) is 95.6 cm³/mol. The van der Waals surface area contributed by atoms with Gasteiger partial charge in [0, 0.05) is 24.7 Å². The number of esters is 1. The third-order valence-electron chi connectivity index (χ3n) is 3.83. The van der Waals surface area contributed by atoms with Crippen molar-refractivity contribution in [2.45, 2.75) is 0 Å². The number of carbonyl (C=O) groups is 1. The van der Waals surface area contributed by atoms with Crippen molar-refractivity contribution >= 4 is 34.9 Å². The fourth-order valence-corrected chi connectivity index (χ4v) is 2.71. The molecule has 10 heteroatoms. The van der Waals surface area contributed by atoms with Gasteiger partial charge >= 0.3 is 5.97 Å². The van der Waals surface area contributed by atoms with E-state index < -0.39 is 16.5 Å². The average Bonchev–Trinajstić information content (AvgIpc) is 2.64. The number of pyridine rings is 1. The van der Waals surface area contributed by atoms with E-state index in [0.29, 0.717) is 5.56 Å². The van der Waals surface area contributed by atoms with Crippen LogP contribution in [0.25, 0.3) is 22.3 Å². The minimum Gasteiger partial charge on any atom is -0.465 e. The third kappa shape index (κ3) is 2.86. The van der Waals surface area contributed by atoms with Crippen molar-refractivity contribution in [1.29, 1.82) is 0 Å². The van der Waals surface area contributed by atoms with Crippen LogP contribution in [0.5, 0.6) is 0 Å². The molecule has 1 N–H and O–H groups in total. The van der Waals surface area contributed by atoms with E-state index in [4.69, 9.17) is 17.0 Å². The van der Waals surface area contributed by atoms with Gasteiger partial charge in [-0.15, -0.1) is 0 Å². The van der Waals surface area contributed by atoms with Gasteiger partial charge in [0.1, 0.15) is 5.65 Å². The summed E-state index contributed by atoms with van der Waals surface area (Å²) >= 11 is 5.08. The molecular formula is C16H12N4O5S. The van der Waals surface area contributed by atoms with Crippen molar-refractivity contribution in [3.05, 3.63) is 61.1 Å². The molecule has 0 saturated heterocycles. The molecule has 3 aromatic rings. The van der Waals surface area contributed by atoms with Gasteiger partial charge in [0.15, 0.2) is 4.77 Å². The second-order valence-electron chi connectivity index (χ2n) is 5.37. The van der Waals surface area contributed by atoms with E-state index in [-0.39, 0.29) is 32.7 Å². The number of aryl methyl sites for hydroxylation is 1. The Morgan fingerprint density at radius 1 is 1.38 bits per heavy atom. The van der Waals surface area contributed by atoms with E-state index in [0.717, 1.165) is 0 Å². The van der Waals surface area contributed by atoms with Crippen molar-refractivity contribution in [1.82, 2.24) is 14.5 Å². The molecule has 0 aliphatic carbocycles. The van der Waals surface area contributed by atoms with Crippen molar-refractivity contribution in [2.75, 3.05) is 7.11 Å². The fraction of sp³-hybridized carbons (Fsp3) is 0.125.